The van der Waals surface area contributed by atoms with E-state index in [9.17, 15) is 0 Å². The predicted molar refractivity (Wildman–Crippen MR) is 61.4 cm³/mol. The van der Waals surface area contributed by atoms with Crippen molar-refractivity contribution in [3.05, 3.63) is 11.1 Å². The zero-order chi connectivity index (χ0) is 9.80. The Kier molecular flexibility index (Phi) is 3.63. The summed E-state index contributed by atoms with van der Waals surface area (Å²) in [4.78, 5) is 0. The van der Waals surface area contributed by atoms with Crippen LogP contribution >= 0.6 is 0 Å². The van der Waals surface area contributed by atoms with Crippen LogP contribution in [0.2, 0.25) is 0 Å². The van der Waals surface area contributed by atoms with Crippen LogP contribution in [0.25, 0.3) is 0 Å². The molecule has 0 fully saturated rings. The third-order valence-corrected chi connectivity index (χ3v) is 3.71. The zero-order valence-corrected chi connectivity index (χ0v) is 9.44. The van der Waals surface area contributed by atoms with Crippen molar-refractivity contribution in [3.8, 4) is 0 Å². The van der Waals surface area contributed by atoms with Gasteiger partial charge in [0.25, 0.3) is 0 Å². The minimum atomic E-state index is 0.749. The van der Waals surface area contributed by atoms with E-state index in [1.165, 1.54) is 57.9 Å². The fraction of sp³-hybridized carbons (Fsp3) is 0.846. The Morgan fingerprint density at radius 1 is 1.21 bits per heavy atom. The predicted octanol–water partition coefficient (Wildman–Crippen LogP) is 3.41. The molecular formula is C13H23N. The molecule has 1 unspecified atom stereocenters. The van der Waals surface area contributed by atoms with Crippen LogP contribution in [0.4, 0.5) is 0 Å². The van der Waals surface area contributed by atoms with Gasteiger partial charge in [-0.1, -0.05) is 30.9 Å². The lowest BCUT2D eigenvalue weighted by atomic mass is 9.82. The van der Waals surface area contributed by atoms with Crippen LogP contribution in [0.5, 0.6) is 0 Å². The second-order valence-electron chi connectivity index (χ2n) is 4.73. The molecule has 1 aliphatic carbocycles. The lowest BCUT2D eigenvalue weighted by Crippen LogP contribution is -2.37. The highest BCUT2D eigenvalue weighted by atomic mass is 14.9. The van der Waals surface area contributed by atoms with Gasteiger partial charge in [-0.2, -0.15) is 0 Å². The van der Waals surface area contributed by atoms with Crippen molar-refractivity contribution in [1.29, 1.82) is 0 Å². The highest BCUT2D eigenvalue weighted by Gasteiger charge is 2.23. The molecule has 1 atom stereocenters. The summed E-state index contributed by atoms with van der Waals surface area (Å²) >= 11 is 0. The molecule has 1 aliphatic heterocycles. The molecule has 80 valence electrons. The molecular weight excluding hydrogens is 170 g/mol. The van der Waals surface area contributed by atoms with Crippen molar-refractivity contribution < 1.29 is 0 Å². The molecule has 2 rings (SSSR count). The van der Waals surface area contributed by atoms with Crippen LogP contribution in [-0.4, -0.2) is 12.6 Å². The molecule has 14 heavy (non-hydrogen) atoms. The topological polar surface area (TPSA) is 12.0 Å². The Balaban J connectivity index is 2.01. The van der Waals surface area contributed by atoms with Crippen LogP contribution in [0.1, 0.15) is 58.3 Å². The summed E-state index contributed by atoms with van der Waals surface area (Å²) in [5, 5.41) is 3.70. The van der Waals surface area contributed by atoms with E-state index in [4.69, 9.17) is 0 Å². The zero-order valence-electron chi connectivity index (χ0n) is 9.44. The number of hydrogen-bond donors (Lipinski definition) is 1. The average molecular weight is 193 g/mol. The average Bonchev–Trinajstić information content (AvgIpc) is 2.26. The fourth-order valence-corrected chi connectivity index (χ4v) is 2.90. The summed E-state index contributed by atoms with van der Waals surface area (Å²) in [7, 11) is 0. The molecule has 1 heteroatoms. The highest BCUT2D eigenvalue weighted by Crippen LogP contribution is 2.32. The van der Waals surface area contributed by atoms with Crippen molar-refractivity contribution in [2.75, 3.05) is 6.54 Å². The molecule has 0 aromatic rings. The Bertz CT molecular complexity index is 213. The summed E-state index contributed by atoms with van der Waals surface area (Å²) in [5.41, 5.74) is 3.62. The second-order valence-corrected chi connectivity index (χ2v) is 4.73. The van der Waals surface area contributed by atoms with Crippen LogP contribution in [-0.2, 0) is 0 Å². The number of nitrogens with one attached hydrogen (secondary N) is 1. The highest BCUT2D eigenvalue weighted by molar-refractivity contribution is 5.25. The van der Waals surface area contributed by atoms with E-state index in [1.807, 2.05) is 5.57 Å². The van der Waals surface area contributed by atoms with Gasteiger partial charge in [-0.15, -0.1) is 0 Å². The Labute approximate surface area is 88.0 Å². The normalized spacial score (nSPS) is 27.6. The van der Waals surface area contributed by atoms with Gasteiger partial charge < -0.3 is 5.32 Å². The van der Waals surface area contributed by atoms with E-state index >= 15 is 0 Å². The molecule has 0 amide bonds. The van der Waals surface area contributed by atoms with Gasteiger partial charge in [-0.25, -0.2) is 0 Å². The molecule has 0 spiro atoms. The largest absolute Gasteiger partial charge is 0.310 e. The van der Waals surface area contributed by atoms with Crippen LogP contribution < -0.4 is 5.32 Å². The summed E-state index contributed by atoms with van der Waals surface area (Å²) in [6.07, 6.45) is 11.1. The lowest BCUT2D eigenvalue weighted by Gasteiger charge is -2.33. The molecule has 1 heterocycles. The first kappa shape index (κ1) is 10.2. The number of rotatable bonds is 3. The van der Waals surface area contributed by atoms with E-state index in [2.05, 4.69) is 12.2 Å². The molecule has 1 N–H and O–H groups in total. The van der Waals surface area contributed by atoms with Crippen molar-refractivity contribution in [1.82, 2.24) is 5.32 Å². The second kappa shape index (κ2) is 4.97. The standard InChI is InChI=1S/C13H23N/c1-2-3-8-13-12-7-5-4-6-11(12)9-10-14-13/h13-14H,2-10H2,1H3. The van der Waals surface area contributed by atoms with Gasteiger partial charge in [0.1, 0.15) is 0 Å². The Morgan fingerprint density at radius 3 is 2.93 bits per heavy atom. The maximum absolute atomic E-state index is 3.70. The maximum atomic E-state index is 3.70. The maximum Gasteiger partial charge on any atom is 0.0282 e. The molecule has 0 saturated carbocycles. The van der Waals surface area contributed by atoms with E-state index < -0.39 is 0 Å². The SMILES string of the molecule is CCCCC1NCCC2=C1CCCC2. The third-order valence-electron chi connectivity index (χ3n) is 3.71. The van der Waals surface area contributed by atoms with Gasteiger partial charge in [-0.3, -0.25) is 0 Å². The molecule has 2 aliphatic rings. The minimum absolute atomic E-state index is 0.749. The molecule has 0 saturated heterocycles. The van der Waals surface area contributed by atoms with Gasteiger partial charge >= 0.3 is 0 Å². The van der Waals surface area contributed by atoms with Crippen LogP contribution in [0.15, 0.2) is 11.1 Å². The van der Waals surface area contributed by atoms with Gasteiger partial charge in [0, 0.05) is 6.04 Å². The van der Waals surface area contributed by atoms with E-state index in [0.717, 1.165) is 6.04 Å². The molecule has 1 nitrogen and oxygen atoms in total. The van der Waals surface area contributed by atoms with Crippen molar-refractivity contribution in [2.24, 2.45) is 0 Å². The first-order chi connectivity index (χ1) is 6.92. The molecule has 0 aromatic carbocycles. The molecule has 0 radical (unpaired) electrons. The van der Waals surface area contributed by atoms with Gasteiger partial charge in [-0.05, 0) is 45.1 Å². The van der Waals surface area contributed by atoms with Crippen LogP contribution in [0, 0.1) is 0 Å². The first-order valence-electron chi connectivity index (χ1n) is 6.36. The fourth-order valence-electron chi connectivity index (χ4n) is 2.90. The van der Waals surface area contributed by atoms with Crippen molar-refractivity contribution >= 4 is 0 Å². The summed E-state index contributed by atoms with van der Waals surface area (Å²) in [5.74, 6) is 0. The quantitative estimate of drug-likeness (QED) is 0.677. The van der Waals surface area contributed by atoms with Crippen molar-refractivity contribution in [3.63, 3.8) is 0 Å². The van der Waals surface area contributed by atoms with Crippen LogP contribution in [0.3, 0.4) is 0 Å². The molecule has 0 bridgehead atoms. The monoisotopic (exact) mass is 193 g/mol. The lowest BCUT2D eigenvalue weighted by molar-refractivity contribution is 0.447. The third kappa shape index (κ3) is 2.20. The first-order valence-corrected chi connectivity index (χ1v) is 6.36. The van der Waals surface area contributed by atoms with E-state index in [1.54, 1.807) is 5.57 Å². The smallest absolute Gasteiger partial charge is 0.0282 e. The number of hydrogen-bond acceptors (Lipinski definition) is 1. The summed E-state index contributed by atoms with van der Waals surface area (Å²) in [6.45, 7) is 3.52. The van der Waals surface area contributed by atoms with Gasteiger partial charge in [0.05, 0.1) is 0 Å². The van der Waals surface area contributed by atoms with E-state index in [-0.39, 0.29) is 0 Å². The van der Waals surface area contributed by atoms with Gasteiger partial charge in [0.15, 0.2) is 0 Å². The van der Waals surface area contributed by atoms with E-state index in [0.29, 0.717) is 0 Å². The Hall–Kier alpha value is -0.300. The summed E-state index contributed by atoms with van der Waals surface area (Å²) in [6, 6.07) is 0.749. The molecule has 0 aromatic heterocycles. The minimum Gasteiger partial charge on any atom is -0.310 e. The summed E-state index contributed by atoms with van der Waals surface area (Å²) < 4.78 is 0. The Morgan fingerprint density at radius 2 is 2.07 bits per heavy atom. The van der Waals surface area contributed by atoms with Crippen molar-refractivity contribution in [2.45, 2.75) is 64.3 Å². The van der Waals surface area contributed by atoms with Gasteiger partial charge in [0.2, 0.25) is 0 Å². The number of unbranched alkanes of at least 4 members (excludes halogenated alkanes) is 1.